The number of ether oxygens (including phenoxy) is 3. The van der Waals surface area contributed by atoms with E-state index in [2.05, 4.69) is 10.5 Å². The van der Waals surface area contributed by atoms with Gasteiger partial charge in [-0.25, -0.2) is 14.6 Å². The van der Waals surface area contributed by atoms with Gasteiger partial charge in [0.1, 0.15) is 11.6 Å². The van der Waals surface area contributed by atoms with E-state index in [1.807, 2.05) is 26.0 Å². The Morgan fingerprint density at radius 1 is 1.00 bits per heavy atom. The highest BCUT2D eigenvalue weighted by atomic mass is 19.1. The molecule has 0 unspecified atom stereocenters. The number of carbonyl (C=O) groups excluding carboxylic acids is 2. The van der Waals surface area contributed by atoms with Crippen molar-refractivity contribution in [2.75, 3.05) is 13.7 Å². The first-order chi connectivity index (χ1) is 15.9. The fourth-order valence-electron chi connectivity index (χ4n) is 2.79. The number of halogens is 1. The van der Waals surface area contributed by atoms with Crippen molar-refractivity contribution >= 4 is 18.1 Å². The van der Waals surface area contributed by atoms with E-state index in [4.69, 9.17) is 14.2 Å². The Bertz CT molecular complexity index is 1190. The minimum Gasteiger partial charge on any atom is -0.493 e. The zero-order chi connectivity index (χ0) is 23.8. The minimum atomic E-state index is -0.717. The molecule has 0 radical (unpaired) electrons. The van der Waals surface area contributed by atoms with Gasteiger partial charge in [-0.2, -0.15) is 5.10 Å². The average molecular weight is 450 g/mol. The van der Waals surface area contributed by atoms with E-state index in [1.54, 1.807) is 18.2 Å². The standard InChI is InChI=1S/C25H23FN2O5/c1-16-7-9-21(11-17(16)2)32-15-24(29)28-27-14-18-8-10-22(23(12-18)31-3)33-25(30)19-5-4-6-20(26)13-19/h4-14H,15H2,1-3H3,(H,28,29). The zero-order valence-electron chi connectivity index (χ0n) is 18.4. The molecule has 1 N–H and O–H groups in total. The summed E-state index contributed by atoms with van der Waals surface area (Å²) in [6, 6.07) is 15.5. The number of hydrazone groups is 1. The maximum atomic E-state index is 13.3. The normalized spacial score (nSPS) is 10.7. The lowest BCUT2D eigenvalue weighted by atomic mass is 10.1. The van der Waals surface area contributed by atoms with Gasteiger partial charge in [-0.15, -0.1) is 0 Å². The number of carbonyl (C=O) groups is 2. The summed E-state index contributed by atoms with van der Waals surface area (Å²) >= 11 is 0. The topological polar surface area (TPSA) is 86.2 Å². The van der Waals surface area contributed by atoms with Gasteiger partial charge in [0, 0.05) is 0 Å². The molecule has 0 aliphatic carbocycles. The average Bonchev–Trinajstić information content (AvgIpc) is 2.80. The third-order valence-corrected chi connectivity index (χ3v) is 4.70. The first-order valence-corrected chi connectivity index (χ1v) is 10.0. The molecule has 3 aromatic rings. The summed E-state index contributed by atoms with van der Waals surface area (Å²) in [6.45, 7) is 3.78. The number of hydrogen-bond donors (Lipinski definition) is 1. The van der Waals surface area contributed by atoms with Gasteiger partial charge >= 0.3 is 5.97 Å². The van der Waals surface area contributed by atoms with Gasteiger partial charge in [0.15, 0.2) is 18.1 Å². The van der Waals surface area contributed by atoms with Crippen LogP contribution >= 0.6 is 0 Å². The number of hydrogen-bond acceptors (Lipinski definition) is 6. The summed E-state index contributed by atoms with van der Waals surface area (Å²) in [4.78, 5) is 24.2. The van der Waals surface area contributed by atoms with E-state index in [9.17, 15) is 14.0 Å². The number of methoxy groups -OCH3 is 1. The van der Waals surface area contributed by atoms with Crippen LogP contribution in [0.4, 0.5) is 4.39 Å². The van der Waals surface area contributed by atoms with Crippen LogP contribution in [0, 0.1) is 19.7 Å². The molecule has 0 atom stereocenters. The Kier molecular flexibility index (Phi) is 7.75. The Labute approximate surface area is 190 Å². The molecule has 3 aromatic carbocycles. The molecular formula is C25H23FN2O5. The maximum Gasteiger partial charge on any atom is 0.343 e. The van der Waals surface area contributed by atoms with Crippen molar-refractivity contribution in [3.63, 3.8) is 0 Å². The maximum absolute atomic E-state index is 13.3. The number of benzene rings is 3. The van der Waals surface area contributed by atoms with E-state index in [0.29, 0.717) is 11.3 Å². The molecule has 0 aliphatic heterocycles. The van der Waals surface area contributed by atoms with Crippen LogP contribution in [0.25, 0.3) is 0 Å². The van der Waals surface area contributed by atoms with E-state index in [-0.39, 0.29) is 23.7 Å². The van der Waals surface area contributed by atoms with Crippen molar-refractivity contribution in [2.45, 2.75) is 13.8 Å². The van der Waals surface area contributed by atoms with Crippen molar-refractivity contribution in [3.8, 4) is 17.2 Å². The summed E-state index contributed by atoms with van der Waals surface area (Å²) in [6.07, 6.45) is 1.41. The second kappa shape index (κ2) is 10.9. The van der Waals surface area contributed by atoms with E-state index >= 15 is 0 Å². The highest BCUT2D eigenvalue weighted by Crippen LogP contribution is 2.28. The van der Waals surface area contributed by atoms with Gasteiger partial charge < -0.3 is 14.2 Å². The lowest BCUT2D eigenvalue weighted by Crippen LogP contribution is -2.24. The first-order valence-electron chi connectivity index (χ1n) is 10.0. The molecule has 7 nitrogen and oxygen atoms in total. The first kappa shape index (κ1) is 23.5. The fourth-order valence-corrected chi connectivity index (χ4v) is 2.79. The van der Waals surface area contributed by atoms with Gasteiger partial charge in [-0.3, -0.25) is 4.79 Å². The fraction of sp³-hybridized carbons (Fsp3) is 0.160. The molecule has 1 amide bonds. The number of rotatable bonds is 8. The summed E-state index contributed by atoms with van der Waals surface area (Å²) in [5, 5.41) is 3.90. The van der Waals surface area contributed by atoms with Crippen LogP contribution in [0.3, 0.4) is 0 Å². The Hall–Kier alpha value is -4.20. The van der Waals surface area contributed by atoms with Crippen LogP contribution in [0.15, 0.2) is 65.8 Å². The van der Waals surface area contributed by atoms with Gasteiger partial charge in [0.05, 0.1) is 18.9 Å². The molecule has 0 aliphatic rings. The van der Waals surface area contributed by atoms with Crippen molar-refractivity contribution in [1.29, 1.82) is 0 Å². The van der Waals surface area contributed by atoms with E-state index in [1.165, 1.54) is 37.6 Å². The van der Waals surface area contributed by atoms with Crippen molar-refractivity contribution in [1.82, 2.24) is 5.43 Å². The van der Waals surface area contributed by atoms with Crippen LogP contribution in [-0.2, 0) is 4.79 Å². The molecular weight excluding hydrogens is 427 g/mol. The van der Waals surface area contributed by atoms with Crippen molar-refractivity contribution in [2.24, 2.45) is 5.10 Å². The minimum absolute atomic E-state index is 0.0772. The van der Waals surface area contributed by atoms with Crippen LogP contribution in [-0.4, -0.2) is 31.8 Å². The lowest BCUT2D eigenvalue weighted by Gasteiger charge is -2.10. The number of aryl methyl sites for hydroxylation is 2. The molecule has 0 saturated carbocycles. The second-order valence-electron chi connectivity index (χ2n) is 7.14. The monoisotopic (exact) mass is 450 g/mol. The summed E-state index contributed by atoms with van der Waals surface area (Å²) < 4.78 is 29.3. The van der Waals surface area contributed by atoms with Gasteiger partial charge in [-0.1, -0.05) is 12.1 Å². The summed E-state index contributed by atoms with van der Waals surface area (Å²) in [7, 11) is 1.42. The zero-order valence-corrected chi connectivity index (χ0v) is 18.4. The number of nitrogens with one attached hydrogen (secondary N) is 1. The molecule has 0 saturated heterocycles. The molecule has 0 heterocycles. The van der Waals surface area contributed by atoms with Crippen LogP contribution in [0.5, 0.6) is 17.2 Å². The number of nitrogens with zero attached hydrogens (tertiary/aromatic N) is 1. The van der Waals surface area contributed by atoms with Crippen molar-refractivity contribution < 1.29 is 28.2 Å². The second-order valence-corrected chi connectivity index (χ2v) is 7.14. The van der Waals surface area contributed by atoms with Gasteiger partial charge in [-0.05, 0) is 79.1 Å². The largest absolute Gasteiger partial charge is 0.493 e. The van der Waals surface area contributed by atoms with Crippen LogP contribution in [0.1, 0.15) is 27.0 Å². The third kappa shape index (κ3) is 6.64. The van der Waals surface area contributed by atoms with Crippen LogP contribution < -0.4 is 19.6 Å². The molecule has 0 aromatic heterocycles. The molecule has 8 heteroatoms. The molecule has 0 spiro atoms. The Balaban J connectivity index is 1.56. The number of amides is 1. The molecule has 0 fully saturated rings. The highest BCUT2D eigenvalue weighted by molar-refractivity contribution is 5.91. The predicted octanol–water partition coefficient (Wildman–Crippen LogP) is 4.20. The summed E-state index contributed by atoms with van der Waals surface area (Å²) in [5.74, 6) is -0.639. The lowest BCUT2D eigenvalue weighted by molar-refractivity contribution is -0.123. The Morgan fingerprint density at radius 2 is 1.82 bits per heavy atom. The van der Waals surface area contributed by atoms with Crippen LogP contribution in [0.2, 0.25) is 0 Å². The third-order valence-electron chi connectivity index (χ3n) is 4.70. The summed E-state index contributed by atoms with van der Waals surface area (Å²) in [5.41, 5.74) is 5.26. The highest BCUT2D eigenvalue weighted by Gasteiger charge is 2.13. The molecule has 33 heavy (non-hydrogen) atoms. The number of esters is 1. The molecule has 0 bridgehead atoms. The van der Waals surface area contributed by atoms with Gasteiger partial charge in [0.25, 0.3) is 5.91 Å². The van der Waals surface area contributed by atoms with Crippen molar-refractivity contribution in [3.05, 3.63) is 88.7 Å². The smallest absolute Gasteiger partial charge is 0.343 e. The Morgan fingerprint density at radius 3 is 2.55 bits per heavy atom. The van der Waals surface area contributed by atoms with E-state index in [0.717, 1.165) is 17.2 Å². The van der Waals surface area contributed by atoms with E-state index < -0.39 is 17.7 Å². The molecule has 170 valence electrons. The molecule has 3 rings (SSSR count). The SMILES string of the molecule is COc1cc(C=NNC(=O)COc2ccc(C)c(C)c2)ccc1OC(=O)c1cccc(F)c1. The predicted molar refractivity (Wildman–Crippen MR) is 122 cm³/mol. The quantitative estimate of drug-likeness (QED) is 0.241. The van der Waals surface area contributed by atoms with Gasteiger partial charge in [0.2, 0.25) is 0 Å².